The van der Waals surface area contributed by atoms with Crippen LogP contribution in [-0.4, -0.2) is 17.4 Å². The number of pyridine rings is 1. The fraction of sp³-hybridized carbons (Fsp3) is 0.0714. The molecule has 0 aliphatic carbocycles. The average molecular weight is 524 g/mol. The molecule has 0 atom stereocenters. The van der Waals surface area contributed by atoms with E-state index in [1.54, 1.807) is 36.5 Å². The summed E-state index contributed by atoms with van der Waals surface area (Å²) in [5, 5.41) is 0.861. The number of benzene rings is 1. The predicted molar refractivity (Wildman–Crippen MR) is 98.9 cm³/mol. The molecule has 0 fully saturated rings. The summed E-state index contributed by atoms with van der Waals surface area (Å²) in [5.41, 5.74) is 1.48. The van der Waals surface area contributed by atoms with E-state index in [0.29, 0.717) is 9.35 Å². The largest absolute Gasteiger partial charge is 0.270 e. The third kappa shape index (κ3) is 2.48. The van der Waals surface area contributed by atoms with E-state index in [1.165, 1.54) is 3.97 Å². The maximum atomic E-state index is 12.9. The van der Waals surface area contributed by atoms with E-state index >= 15 is 0 Å². The van der Waals surface area contributed by atoms with E-state index in [1.807, 2.05) is 13.0 Å². The Morgan fingerprint density at radius 3 is 2.48 bits per heavy atom. The lowest BCUT2D eigenvalue weighted by Crippen LogP contribution is -2.15. The fourth-order valence-corrected chi connectivity index (χ4v) is 5.58. The van der Waals surface area contributed by atoms with Crippen molar-refractivity contribution in [3.05, 3.63) is 55.4 Å². The minimum Gasteiger partial charge on any atom is -0.237 e. The summed E-state index contributed by atoms with van der Waals surface area (Å²) in [6.45, 7) is 1.94. The maximum absolute atomic E-state index is 12.9. The van der Waals surface area contributed by atoms with Crippen molar-refractivity contribution in [3.8, 4) is 0 Å². The van der Waals surface area contributed by atoms with Gasteiger partial charge in [0.25, 0.3) is 10.0 Å². The number of aryl methyl sites for hydroxylation is 1. The van der Waals surface area contributed by atoms with E-state index in [9.17, 15) is 8.42 Å². The molecule has 4 nitrogen and oxygen atoms in total. The standard InChI is InChI=1S/C14H10I2N2O2S/c1-9-7-11-12(15)13(16)18(14(11)17-8-9)21(19,20)10-5-3-2-4-6-10/h2-8H,1H3. The summed E-state index contributed by atoms with van der Waals surface area (Å²) >= 11 is 4.22. The average Bonchev–Trinajstić information content (AvgIpc) is 2.72. The first kappa shape index (κ1) is 15.2. The SMILES string of the molecule is Cc1cnc2c(c1)c(I)c(I)n2S(=O)(=O)c1ccccc1. The molecule has 1 aromatic carbocycles. The molecule has 2 aromatic heterocycles. The van der Waals surface area contributed by atoms with Gasteiger partial charge in [-0.15, -0.1) is 0 Å². The van der Waals surface area contributed by atoms with Crippen LogP contribution >= 0.6 is 45.2 Å². The molecule has 0 saturated heterocycles. The van der Waals surface area contributed by atoms with E-state index in [2.05, 4.69) is 50.2 Å². The molecule has 0 spiro atoms. The topological polar surface area (TPSA) is 52.0 Å². The number of aromatic nitrogens is 2. The summed E-state index contributed by atoms with van der Waals surface area (Å²) in [6, 6.07) is 10.4. The zero-order chi connectivity index (χ0) is 15.2. The molecule has 3 aromatic rings. The highest BCUT2D eigenvalue weighted by atomic mass is 127. The molecule has 0 saturated carbocycles. The molecular weight excluding hydrogens is 514 g/mol. The lowest BCUT2D eigenvalue weighted by molar-refractivity contribution is 0.587. The van der Waals surface area contributed by atoms with Crippen LogP contribution in [-0.2, 0) is 10.0 Å². The number of halogens is 2. The number of hydrogen-bond donors (Lipinski definition) is 0. The number of nitrogens with zero attached hydrogens (tertiary/aromatic N) is 2. The Morgan fingerprint density at radius 1 is 1.14 bits per heavy atom. The smallest absolute Gasteiger partial charge is 0.237 e. The predicted octanol–water partition coefficient (Wildman–Crippen LogP) is 3.79. The number of hydrogen-bond acceptors (Lipinski definition) is 3. The first-order valence-corrected chi connectivity index (χ1v) is 9.65. The van der Waals surface area contributed by atoms with Crippen molar-refractivity contribution < 1.29 is 8.42 Å². The first-order valence-electron chi connectivity index (χ1n) is 6.05. The highest BCUT2D eigenvalue weighted by Gasteiger charge is 2.25. The van der Waals surface area contributed by atoms with Crippen molar-refractivity contribution in [1.82, 2.24) is 8.96 Å². The van der Waals surface area contributed by atoms with Crippen LogP contribution in [0.25, 0.3) is 11.0 Å². The van der Waals surface area contributed by atoms with Crippen LogP contribution in [0.5, 0.6) is 0 Å². The molecule has 3 rings (SSSR count). The highest BCUT2D eigenvalue weighted by Crippen LogP contribution is 2.31. The van der Waals surface area contributed by atoms with Gasteiger partial charge >= 0.3 is 0 Å². The Labute approximate surface area is 149 Å². The molecule has 2 heterocycles. The highest BCUT2D eigenvalue weighted by molar-refractivity contribution is 14.1. The van der Waals surface area contributed by atoms with Crippen molar-refractivity contribution in [2.75, 3.05) is 0 Å². The second kappa shape index (κ2) is 5.51. The van der Waals surface area contributed by atoms with Crippen molar-refractivity contribution in [2.45, 2.75) is 11.8 Å². The van der Waals surface area contributed by atoms with Gasteiger partial charge in [0.15, 0.2) is 5.65 Å². The van der Waals surface area contributed by atoms with Crippen molar-refractivity contribution in [3.63, 3.8) is 0 Å². The lowest BCUT2D eigenvalue weighted by Gasteiger charge is -2.08. The summed E-state index contributed by atoms with van der Waals surface area (Å²) in [7, 11) is -3.65. The zero-order valence-electron chi connectivity index (χ0n) is 10.9. The molecule has 0 unspecified atom stereocenters. The molecule has 0 bridgehead atoms. The summed E-state index contributed by atoms with van der Waals surface area (Å²) in [4.78, 5) is 4.59. The van der Waals surface area contributed by atoms with Crippen molar-refractivity contribution in [1.29, 1.82) is 0 Å². The maximum Gasteiger partial charge on any atom is 0.270 e. The molecule has 0 radical (unpaired) electrons. The molecule has 0 aliphatic rings. The van der Waals surface area contributed by atoms with Crippen LogP contribution in [0, 0.1) is 14.2 Å². The Bertz CT molecular complexity index is 935. The minimum atomic E-state index is -3.65. The molecular formula is C14H10I2N2O2S. The van der Waals surface area contributed by atoms with Gasteiger partial charge < -0.3 is 0 Å². The van der Waals surface area contributed by atoms with Crippen LogP contribution in [0.1, 0.15) is 5.56 Å². The summed E-state index contributed by atoms with van der Waals surface area (Å²) in [5.74, 6) is 0. The molecule has 0 N–H and O–H groups in total. The van der Waals surface area contributed by atoms with Gasteiger partial charge in [-0.05, 0) is 75.9 Å². The quantitative estimate of drug-likeness (QED) is 0.480. The second-order valence-corrected chi connectivity index (χ2v) is 8.46. The van der Waals surface area contributed by atoms with Crippen LogP contribution in [0.3, 0.4) is 0 Å². The molecule has 7 heteroatoms. The van der Waals surface area contributed by atoms with E-state index < -0.39 is 10.0 Å². The molecule has 0 aliphatic heterocycles. The van der Waals surface area contributed by atoms with Gasteiger partial charge in [0.05, 0.1) is 8.47 Å². The zero-order valence-corrected chi connectivity index (χ0v) is 16.0. The van der Waals surface area contributed by atoms with Gasteiger partial charge in [0.2, 0.25) is 0 Å². The Balaban J connectivity index is 2.39. The lowest BCUT2D eigenvalue weighted by atomic mass is 10.2. The summed E-state index contributed by atoms with van der Waals surface area (Å²) in [6.07, 6.45) is 1.69. The van der Waals surface area contributed by atoms with Gasteiger partial charge in [0.1, 0.15) is 3.70 Å². The monoisotopic (exact) mass is 524 g/mol. The first-order chi connectivity index (χ1) is 9.93. The third-order valence-electron chi connectivity index (χ3n) is 3.07. The summed E-state index contributed by atoms with van der Waals surface area (Å²) < 4.78 is 28.6. The van der Waals surface area contributed by atoms with Crippen LogP contribution in [0.15, 0.2) is 47.5 Å². The third-order valence-corrected chi connectivity index (χ3v) is 8.25. The normalized spacial score (nSPS) is 12.0. The van der Waals surface area contributed by atoms with Crippen LogP contribution in [0.4, 0.5) is 0 Å². The van der Waals surface area contributed by atoms with Gasteiger partial charge in [-0.2, -0.15) is 0 Å². The number of fused-ring (bicyclic) bond motifs is 1. The Morgan fingerprint density at radius 2 is 1.81 bits per heavy atom. The van der Waals surface area contributed by atoms with Gasteiger partial charge in [-0.1, -0.05) is 18.2 Å². The minimum absolute atomic E-state index is 0.263. The Hall–Kier alpha value is -0.680. The molecule has 108 valence electrons. The van der Waals surface area contributed by atoms with Crippen molar-refractivity contribution in [2.24, 2.45) is 0 Å². The number of rotatable bonds is 2. The van der Waals surface area contributed by atoms with E-state index in [4.69, 9.17) is 0 Å². The van der Waals surface area contributed by atoms with Gasteiger partial charge in [-0.3, -0.25) is 0 Å². The Kier molecular flexibility index (Phi) is 3.99. The fourth-order valence-electron chi connectivity index (χ4n) is 2.10. The molecule has 0 amide bonds. The van der Waals surface area contributed by atoms with Gasteiger partial charge in [0, 0.05) is 11.6 Å². The van der Waals surface area contributed by atoms with Gasteiger partial charge in [-0.25, -0.2) is 17.4 Å². The molecule has 21 heavy (non-hydrogen) atoms. The van der Waals surface area contributed by atoms with Crippen LogP contribution < -0.4 is 0 Å². The van der Waals surface area contributed by atoms with E-state index in [0.717, 1.165) is 14.5 Å². The second-order valence-electron chi connectivity index (χ2n) is 4.57. The van der Waals surface area contributed by atoms with E-state index in [-0.39, 0.29) is 4.90 Å². The van der Waals surface area contributed by atoms with Crippen LogP contribution in [0.2, 0.25) is 0 Å². The van der Waals surface area contributed by atoms with Crippen molar-refractivity contribution >= 4 is 66.2 Å².